The number of piperidine rings is 1. The number of hydrogen-bond acceptors (Lipinski definition) is 3. The molecule has 0 spiro atoms. The maximum Gasteiger partial charge on any atom is 0.224 e. The highest BCUT2D eigenvalue weighted by atomic mass is 35.5. The summed E-state index contributed by atoms with van der Waals surface area (Å²) in [5, 5.41) is 6.68. The molecule has 1 aromatic carbocycles. The maximum absolute atomic E-state index is 11.8. The van der Waals surface area contributed by atoms with Crippen LogP contribution in [0.15, 0.2) is 18.2 Å². The van der Waals surface area contributed by atoms with Crippen LogP contribution < -0.4 is 15.5 Å². The number of hydrogen-bond donors (Lipinski definition) is 2. The number of anilines is 1. The summed E-state index contributed by atoms with van der Waals surface area (Å²) in [6, 6.07) is 5.97. The molecule has 1 unspecified atom stereocenters. The molecule has 1 amide bonds. The van der Waals surface area contributed by atoms with Crippen molar-refractivity contribution in [1.29, 1.82) is 0 Å². The van der Waals surface area contributed by atoms with Gasteiger partial charge >= 0.3 is 0 Å². The summed E-state index contributed by atoms with van der Waals surface area (Å²) < 4.78 is 0. The molecule has 1 aliphatic heterocycles. The zero-order valence-corrected chi connectivity index (χ0v) is 12.8. The van der Waals surface area contributed by atoms with Gasteiger partial charge in [0.15, 0.2) is 0 Å². The van der Waals surface area contributed by atoms with Gasteiger partial charge in [-0.1, -0.05) is 11.6 Å². The lowest BCUT2D eigenvalue weighted by molar-refractivity contribution is -0.124. The highest BCUT2D eigenvalue weighted by molar-refractivity contribution is 6.30. The molecule has 1 heterocycles. The van der Waals surface area contributed by atoms with Crippen molar-refractivity contribution in [2.24, 2.45) is 5.92 Å². The molecule has 2 N–H and O–H groups in total. The maximum atomic E-state index is 11.8. The molecule has 0 radical (unpaired) electrons. The Bertz CT molecular complexity index is 478. The number of carbonyl (C=O) groups is 1. The van der Waals surface area contributed by atoms with Crippen LogP contribution in [0.3, 0.4) is 0 Å². The zero-order valence-electron chi connectivity index (χ0n) is 12.1. The molecule has 110 valence electrons. The van der Waals surface area contributed by atoms with E-state index in [2.05, 4.69) is 21.6 Å². The smallest absolute Gasteiger partial charge is 0.224 e. The van der Waals surface area contributed by atoms with Crippen LogP contribution in [-0.4, -0.2) is 33.1 Å². The fourth-order valence-electron chi connectivity index (χ4n) is 2.81. The summed E-state index contributed by atoms with van der Waals surface area (Å²) in [5.74, 6) is 0.214. The molecule has 5 heteroatoms. The highest BCUT2D eigenvalue weighted by Crippen LogP contribution is 2.28. The van der Waals surface area contributed by atoms with Crippen molar-refractivity contribution in [2.75, 3.05) is 32.1 Å². The van der Waals surface area contributed by atoms with Gasteiger partial charge in [0.2, 0.25) is 5.91 Å². The molecule has 0 bridgehead atoms. The molecule has 1 fully saturated rings. The minimum Gasteiger partial charge on any atom is -0.370 e. The Hall–Kier alpha value is -1.26. The minimum absolute atomic E-state index is 0.0758. The summed E-state index contributed by atoms with van der Waals surface area (Å²) in [6.45, 7) is 2.54. The zero-order chi connectivity index (χ0) is 14.5. The normalized spacial score (nSPS) is 18.9. The van der Waals surface area contributed by atoms with Crippen molar-refractivity contribution < 1.29 is 4.79 Å². The first-order chi connectivity index (χ1) is 9.65. The van der Waals surface area contributed by atoms with Crippen molar-refractivity contribution in [1.82, 2.24) is 10.6 Å². The van der Waals surface area contributed by atoms with Crippen molar-refractivity contribution in [3.8, 4) is 0 Å². The second-order valence-corrected chi connectivity index (χ2v) is 5.64. The molecule has 20 heavy (non-hydrogen) atoms. The first-order valence-corrected chi connectivity index (χ1v) is 7.43. The van der Waals surface area contributed by atoms with Gasteiger partial charge in [-0.25, -0.2) is 0 Å². The van der Waals surface area contributed by atoms with E-state index in [1.807, 2.05) is 19.2 Å². The van der Waals surface area contributed by atoms with E-state index in [9.17, 15) is 4.79 Å². The molecule has 0 aliphatic carbocycles. The first kappa shape index (κ1) is 15.1. The summed E-state index contributed by atoms with van der Waals surface area (Å²) in [5.41, 5.74) is 2.36. The lowest BCUT2D eigenvalue weighted by atomic mass is 9.96. The third-order valence-corrected chi connectivity index (χ3v) is 4.02. The van der Waals surface area contributed by atoms with Crippen LogP contribution in [0.25, 0.3) is 0 Å². The third-order valence-electron chi connectivity index (χ3n) is 3.79. The van der Waals surface area contributed by atoms with E-state index in [-0.39, 0.29) is 11.8 Å². The molecule has 1 aromatic rings. The van der Waals surface area contributed by atoms with Gasteiger partial charge in [0.05, 0.1) is 5.92 Å². The topological polar surface area (TPSA) is 44.4 Å². The summed E-state index contributed by atoms with van der Waals surface area (Å²) in [6.07, 6.45) is 2.00. The van der Waals surface area contributed by atoms with Gasteiger partial charge in [0, 0.05) is 37.4 Å². The highest BCUT2D eigenvalue weighted by Gasteiger charge is 2.26. The van der Waals surface area contributed by atoms with Crippen LogP contribution in [0.1, 0.15) is 18.4 Å². The quantitative estimate of drug-likeness (QED) is 0.893. The molecule has 0 saturated carbocycles. The van der Waals surface area contributed by atoms with Gasteiger partial charge in [-0.2, -0.15) is 0 Å². The predicted molar refractivity (Wildman–Crippen MR) is 83.2 cm³/mol. The fraction of sp³-hybridized carbons (Fsp3) is 0.533. The summed E-state index contributed by atoms with van der Waals surface area (Å²) >= 11 is 6.08. The Kier molecular flexibility index (Phi) is 5.26. The Morgan fingerprint density at radius 2 is 2.25 bits per heavy atom. The van der Waals surface area contributed by atoms with Gasteiger partial charge in [-0.3, -0.25) is 4.79 Å². The molecule has 4 nitrogen and oxygen atoms in total. The molecular weight excluding hydrogens is 274 g/mol. The van der Waals surface area contributed by atoms with E-state index in [1.165, 1.54) is 11.3 Å². The van der Waals surface area contributed by atoms with Gasteiger partial charge < -0.3 is 15.5 Å². The number of carbonyl (C=O) groups excluding carboxylic acids is 1. The second kappa shape index (κ2) is 6.95. The predicted octanol–water partition coefficient (Wildman–Crippen LogP) is 2.02. The monoisotopic (exact) mass is 295 g/mol. The average molecular weight is 296 g/mol. The largest absolute Gasteiger partial charge is 0.370 e. The molecule has 2 rings (SSSR count). The van der Waals surface area contributed by atoms with Gasteiger partial charge in [0.25, 0.3) is 0 Å². The van der Waals surface area contributed by atoms with Crippen LogP contribution >= 0.6 is 11.6 Å². The first-order valence-electron chi connectivity index (χ1n) is 7.05. The molecule has 0 aromatic heterocycles. The van der Waals surface area contributed by atoms with E-state index in [0.29, 0.717) is 0 Å². The second-order valence-electron chi connectivity index (χ2n) is 5.20. The van der Waals surface area contributed by atoms with E-state index in [1.54, 1.807) is 7.05 Å². The van der Waals surface area contributed by atoms with E-state index in [0.717, 1.165) is 37.5 Å². The fourth-order valence-corrected chi connectivity index (χ4v) is 3.00. The molecule has 1 saturated heterocycles. The van der Waals surface area contributed by atoms with Crippen molar-refractivity contribution in [3.63, 3.8) is 0 Å². The Morgan fingerprint density at radius 1 is 1.45 bits per heavy atom. The van der Waals surface area contributed by atoms with E-state index in [4.69, 9.17) is 11.6 Å². The lowest BCUT2D eigenvalue weighted by Gasteiger charge is -2.34. The molecular formula is C15H22ClN3O. The van der Waals surface area contributed by atoms with Crippen LogP contribution in [0.4, 0.5) is 5.69 Å². The van der Waals surface area contributed by atoms with Crippen LogP contribution in [0.5, 0.6) is 0 Å². The van der Waals surface area contributed by atoms with Crippen molar-refractivity contribution in [3.05, 3.63) is 28.8 Å². The van der Waals surface area contributed by atoms with Crippen LogP contribution in [-0.2, 0) is 11.3 Å². The molecule has 1 atom stereocenters. The number of nitrogens with zero attached hydrogens (tertiary/aromatic N) is 1. The van der Waals surface area contributed by atoms with Gasteiger partial charge in [-0.05, 0) is 43.7 Å². The number of amides is 1. The van der Waals surface area contributed by atoms with Crippen LogP contribution in [0, 0.1) is 5.92 Å². The van der Waals surface area contributed by atoms with Crippen LogP contribution in [0.2, 0.25) is 5.02 Å². The van der Waals surface area contributed by atoms with E-state index >= 15 is 0 Å². The van der Waals surface area contributed by atoms with Gasteiger partial charge in [-0.15, -0.1) is 0 Å². The minimum atomic E-state index is 0.0758. The number of halogens is 1. The summed E-state index contributed by atoms with van der Waals surface area (Å²) in [4.78, 5) is 14.1. The number of benzene rings is 1. The third kappa shape index (κ3) is 3.44. The Balaban J connectivity index is 2.20. The van der Waals surface area contributed by atoms with Gasteiger partial charge in [0.1, 0.15) is 0 Å². The number of nitrogens with one attached hydrogen (secondary N) is 2. The standard InChI is InChI=1S/C15H22ClN3O/c1-17-9-12-8-13(16)5-6-14(12)19-7-3-4-11(10-19)15(20)18-2/h5-6,8,11,17H,3-4,7,9-10H2,1-2H3,(H,18,20). The Morgan fingerprint density at radius 3 is 2.95 bits per heavy atom. The van der Waals surface area contributed by atoms with Crippen molar-refractivity contribution >= 4 is 23.2 Å². The average Bonchev–Trinajstić information content (AvgIpc) is 2.47. The van der Waals surface area contributed by atoms with E-state index < -0.39 is 0 Å². The van der Waals surface area contributed by atoms with Crippen molar-refractivity contribution in [2.45, 2.75) is 19.4 Å². The molecule has 1 aliphatic rings. The Labute approximate surface area is 125 Å². The SMILES string of the molecule is CNCc1cc(Cl)ccc1N1CCCC(C(=O)NC)C1. The number of rotatable bonds is 4. The lowest BCUT2D eigenvalue weighted by Crippen LogP contribution is -2.42. The summed E-state index contributed by atoms with van der Waals surface area (Å²) in [7, 11) is 3.63.